The van der Waals surface area contributed by atoms with Crippen LogP contribution in [0.15, 0.2) is 36.0 Å². The summed E-state index contributed by atoms with van der Waals surface area (Å²) in [6.45, 7) is 10.9. The van der Waals surface area contributed by atoms with Gasteiger partial charge in [0.1, 0.15) is 24.4 Å². The highest BCUT2D eigenvalue weighted by Crippen LogP contribution is 2.72. The van der Waals surface area contributed by atoms with Gasteiger partial charge >= 0.3 is 11.9 Å². The predicted molar refractivity (Wildman–Crippen MR) is 139 cm³/mol. The van der Waals surface area contributed by atoms with Crippen LogP contribution < -0.4 is 0 Å². The quantitative estimate of drug-likeness (QED) is 0.311. The Kier molecular flexibility index (Phi) is 7.39. The molecule has 1 saturated carbocycles. The van der Waals surface area contributed by atoms with Crippen molar-refractivity contribution in [2.75, 3.05) is 19.8 Å². The van der Waals surface area contributed by atoms with Crippen molar-refractivity contribution in [1.29, 1.82) is 0 Å². The van der Waals surface area contributed by atoms with E-state index in [4.69, 9.17) is 23.7 Å². The fraction of sp³-hybridized carbons (Fsp3) is 0.733. The van der Waals surface area contributed by atoms with Crippen molar-refractivity contribution in [3.05, 3.63) is 36.0 Å². The summed E-state index contributed by atoms with van der Waals surface area (Å²) in [5.41, 5.74) is -0.466. The number of cyclic esters (lactones) is 1. The minimum Gasteiger partial charge on any atom is -0.465 e. The summed E-state index contributed by atoms with van der Waals surface area (Å²) in [6, 6.07) is 0. The van der Waals surface area contributed by atoms with Gasteiger partial charge in [-0.15, -0.1) is 0 Å². The van der Waals surface area contributed by atoms with E-state index in [1.54, 1.807) is 25.2 Å². The van der Waals surface area contributed by atoms with E-state index >= 15 is 0 Å². The zero-order valence-corrected chi connectivity index (χ0v) is 23.2. The first-order chi connectivity index (χ1) is 18.0. The molecule has 10 atom stereocenters. The number of carbonyl (C=O) groups excluding carboxylic acids is 2. The molecule has 8 heteroatoms. The van der Waals surface area contributed by atoms with Gasteiger partial charge < -0.3 is 28.8 Å². The molecule has 5 rings (SSSR count). The number of epoxide rings is 1. The number of aliphatic hydroxyl groups excluding tert-OH is 1. The van der Waals surface area contributed by atoms with E-state index in [1.165, 1.54) is 11.6 Å². The lowest BCUT2D eigenvalue weighted by atomic mass is 9.51. The van der Waals surface area contributed by atoms with Gasteiger partial charge in [-0.1, -0.05) is 50.6 Å². The Morgan fingerprint density at radius 1 is 1.13 bits per heavy atom. The third-order valence-corrected chi connectivity index (χ3v) is 10.2. The van der Waals surface area contributed by atoms with Crippen LogP contribution in [0.3, 0.4) is 0 Å². The summed E-state index contributed by atoms with van der Waals surface area (Å²) in [5.74, 6) is -1.00. The van der Waals surface area contributed by atoms with E-state index in [9.17, 15) is 14.7 Å². The molecule has 2 aliphatic carbocycles. The molecule has 3 fully saturated rings. The highest BCUT2D eigenvalue weighted by molar-refractivity contribution is 5.82. The highest BCUT2D eigenvalue weighted by atomic mass is 16.6. The molecule has 0 aromatic rings. The molecule has 0 aromatic carbocycles. The molecule has 0 radical (unpaired) electrons. The molecule has 210 valence electrons. The first kappa shape index (κ1) is 27.6. The Bertz CT molecular complexity index is 1030. The first-order valence-electron chi connectivity index (χ1n) is 14.0. The number of carbonyl (C=O) groups is 2. The Hall–Kier alpha value is -2.00. The average molecular weight is 531 g/mol. The molecule has 0 aromatic heterocycles. The molecular formula is C30H42O8. The molecule has 3 heterocycles. The molecule has 2 bridgehead atoms. The summed E-state index contributed by atoms with van der Waals surface area (Å²) in [4.78, 5) is 26.3. The number of allylic oxidation sites excluding steroid dienone is 3. The normalized spacial score (nSPS) is 48.0. The van der Waals surface area contributed by atoms with E-state index in [-0.39, 0.29) is 36.6 Å². The topological polar surface area (TPSA) is 104 Å². The summed E-state index contributed by atoms with van der Waals surface area (Å²) >= 11 is 0. The molecule has 0 amide bonds. The summed E-state index contributed by atoms with van der Waals surface area (Å²) < 4.78 is 31.0. The molecule has 2 saturated heterocycles. The standard InChI is InChI=1S/C30H42O8/c1-18-10-12-29-16-35-27(33)20(3)19(2)11-13-34-22(21(4)31)8-6-7-9-26(32)38-23-15-25(37-24(29)14-18)30(17-36-30)28(23,29)5/h6-9,14,19-25,31H,10-13,15-17H2,1-5H3/b8-6+,9-7-/t19-,20-,21?,22?,23?,24+,25+,28+,29+,30-/m0/s1. The average Bonchev–Trinajstić information content (AvgIpc) is 3.65. The molecule has 8 nitrogen and oxygen atoms in total. The number of rotatable bonds is 1. The number of esters is 2. The lowest BCUT2D eigenvalue weighted by Crippen LogP contribution is -2.66. The van der Waals surface area contributed by atoms with Crippen molar-refractivity contribution < 1.29 is 38.4 Å². The van der Waals surface area contributed by atoms with Crippen LogP contribution in [-0.2, 0) is 33.3 Å². The number of hydrogen-bond acceptors (Lipinski definition) is 8. The minimum absolute atomic E-state index is 0.0302. The van der Waals surface area contributed by atoms with Gasteiger partial charge in [-0.25, -0.2) is 4.79 Å². The Labute approximate surface area is 225 Å². The molecule has 2 spiro atoms. The van der Waals surface area contributed by atoms with Crippen LogP contribution in [0.25, 0.3) is 0 Å². The van der Waals surface area contributed by atoms with Crippen molar-refractivity contribution >= 4 is 11.9 Å². The van der Waals surface area contributed by atoms with Crippen LogP contribution in [-0.4, -0.2) is 73.0 Å². The second kappa shape index (κ2) is 10.2. The van der Waals surface area contributed by atoms with Crippen molar-refractivity contribution in [3.8, 4) is 0 Å². The summed E-state index contributed by atoms with van der Waals surface area (Å²) in [7, 11) is 0. The van der Waals surface area contributed by atoms with Gasteiger partial charge in [0.2, 0.25) is 0 Å². The maximum Gasteiger partial charge on any atom is 0.331 e. The van der Waals surface area contributed by atoms with Gasteiger partial charge in [-0.3, -0.25) is 4.79 Å². The van der Waals surface area contributed by atoms with Gasteiger partial charge in [0.25, 0.3) is 0 Å². The van der Waals surface area contributed by atoms with Gasteiger partial charge in [-0.2, -0.15) is 0 Å². The number of ether oxygens (including phenoxy) is 5. The second-order valence-electron chi connectivity index (χ2n) is 12.2. The number of hydrogen-bond donors (Lipinski definition) is 1. The van der Waals surface area contributed by atoms with E-state index in [2.05, 4.69) is 19.9 Å². The van der Waals surface area contributed by atoms with Gasteiger partial charge in [0.05, 0.1) is 36.3 Å². The van der Waals surface area contributed by atoms with Crippen LogP contribution >= 0.6 is 0 Å². The van der Waals surface area contributed by atoms with E-state index in [0.717, 1.165) is 12.8 Å². The Morgan fingerprint density at radius 2 is 1.89 bits per heavy atom. The monoisotopic (exact) mass is 530 g/mol. The molecule has 38 heavy (non-hydrogen) atoms. The maximum absolute atomic E-state index is 13.3. The molecule has 1 N–H and O–H groups in total. The van der Waals surface area contributed by atoms with Gasteiger partial charge in [0, 0.05) is 24.5 Å². The van der Waals surface area contributed by atoms with Crippen molar-refractivity contribution in [1.82, 2.24) is 0 Å². The minimum atomic E-state index is -0.723. The van der Waals surface area contributed by atoms with Crippen LogP contribution in [0.4, 0.5) is 0 Å². The summed E-state index contributed by atoms with van der Waals surface area (Å²) in [6.07, 6.45) is 9.25. The van der Waals surface area contributed by atoms with Crippen molar-refractivity contribution in [2.45, 2.75) is 96.4 Å². The van der Waals surface area contributed by atoms with Crippen LogP contribution in [0, 0.1) is 22.7 Å². The molecular weight excluding hydrogens is 488 g/mol. The van der Waals surface area contributed by atoms with Crippen molar-refractivity contribution in [2.24, 2.45) is 22.7 Å². The first-order valence-corrected chi connectivity index (χ1v) is 14.0. The van der Waals surface area contributed by atoms with Crippen molar-refractivity contribution in [3.63, 3.8) is 0 Å². The third kappa shape index (κ3) is 4.37. The fourth-order valence-corrected chi connectivity index (χ4v) is 7.18. The Balaban J connectivity index is 1.51. The van der Waals surface area contributed by atoms with E-state index < -0.39 is 40.7 Å². The molecule has 5 aliphatic rings. The smallest absolute Gasteiger partial charge is 0.331 e. The number of aliphatic hydroxyl groups is 1. The van der Waals surface area contributed by atoms with Crippen LogP contribution in [0.2, 0.25) is 0 Å². The zero-order chi connectivity index (χ0) is 27.3. The molecule has 3 aliphatic heterocycles. The van der Waals surface area contributed by atoms with Gasteiger partial charge in [-0.05, 0) is 39.0 Å². The fourth-order valence-electron chi connectivity index (χ4n) is 7.18. The van der Waals surface area contributed by atoms with E-state index in [0.29, 0.717) is 26.1 Å². The zero-order valence-electron chi connectivity index (χ0n) is 23.2. The van der Waals surface area contributed by atoms with Crippen LogP contribution in [0.1, 0.15) is 60.3 Å². The predicted octanol–water partition coefficient (Wildman–Crippen LogP) is 3.67. The summed E-state index contributed by atoms with van der Waals surface area (Å²) in [5, 5.41) is 10.1. The lowest BCUT2D eigenvalue weighted by molar-refractivity contribution is -0.233. The SMILES string of the molecule is CC1=C[C@H]2O[C@@H]3CC4OC(=O)/C=C\C=C\C(C(C)O)OCC[C@H](C)[C@H](C)C(=O)OC[C@@]2(CC1)[C@]4(C)[C@]31CO1. The molecule has 3 unspecified atom stereocenters. The third-order valence-electron chi connectivity index (χ3n) is 10.2. The Morgan fingerprint density at radius 3 is 2.61 bits per heavy atom. The van der Waals surface area contributed by atoms with Gasteiger partial charge in [0.15, 0.2) is 0 Å². The highest BCUT2D eigenvalue weighted by Gasteiger charge is 2.83. The maximum atomic E-state index is 13.3. The van der Waals surface area contributed by atoms with Crippen LogP contribution in [0.5, 0.6) is 0 Å². The second-order valence-corrected chi connectivity index (χ2v) is 12.2. The largest absolute Gasteiger partial charge is 0.465 e. The van der Waals surface area contributed by atoms with E-state index in [1.807, 2.05) is 13.8 Å². The lowest BCUT2D eigenvalue weighted by Gasteiger charge is -2.58.